The van der Waals surface area contributed by atoms with E-state index in [9.17, 15) is 9.90 Å². The molecular formula is C11H18N4O2. The van der Waals surface area contributed by atoms with Crippen LogP contribution in [-0.2, 0) is 0 Å². The van der Waals surface area contributed by atoms with Crippen LogP contribution in [0, 0.1) is 0 Å². The molecule has 4 N–H and O–H groups in total. The molecule has 0 unspecified atom stereocenters. The fourth-order valence-corrected chi connectivity index (χ4v) is 2.36. The van der Waals surface area contributed by atoms with Crippen LogP contribution in [0.5, 0.6) is 0 Å². The van der Waals surface area contributed by atoms with Gasteiger partial charge in [0.05, 0.1) is 17.5 Å². The monoisotopic (exact) mass is 238 g/mol. The van der Waals surface area contributed by atoms with E-state index in [2.05, 4.69) is 10.2 Å². The van der Waals surface area contributed by atoms with Gasteiger partial charge in [-0.25, -0.2) is 0 Å². The van der Waals surface area contributed by atoms with Crippen LogP contribution in [0.1, 0.15) is 36.2 Å². The maximum absolute atomic E-state index is 12.0. The summed E-state index contributed by atoms with van der Waals surface area (Å²) in [6, 6.07) is 0. The van der Waals surface area contributed by atoms with Crippen molar-refractivity contribution in [2.75, 3.05) is 19.3 Å². The van der Waals surface area contributed by atoms with E-state index in [4.69, 9.17) is 5.73 Å². The van der Waals surface area contributed by atoms with Crippen molar-refractivity contribution >= 4 is 11.6 Å². The molecule has 1 heterocycles. The summed E-state index contributed by atoms with van der Waals surface area (Å²) >= 11 is 0. The van der Waals surface area contributed by atoms with Crippen molar-refractivity contribution in [2.24, 2.45) is 0 Å². The molecule has 2 rings (SSSR count). The standard InChI is InChI=1S/C11H18N4O2/c1-15(7-11(17)4-2-3-5-11)10(16)9-8(12)6-13-14-9/h6,17H,2-5,7,12H2,1H3,(H,13,14). The van der Waals surface area contributed by atoms with Gasteiger partial charge in [0.25, 0.3) is 5.91 Å². The summed E-state index contributed by atoms with van der Waals surface area (Å²) in [7, 11) is 1.67. The minimum absolute atomic E-state index is 0.236. The molecule has 1 fully saturated rings. The van der Waals surface area contributed by atoms with Gasteiger partial charge in [-0.3, -0.25) is 9.89 Å². The Morgan fingerprint density at radius 3 is 2.82 bits per heavy atom. The Labute approximate surface area is 99.8 Å². The Bertz CT molecular complexity index is 409. The van der Waals surface area contributed by atoms with Gasteiger partial charge >= 0.3 is 0 Å². The number of aromatic amines is 1. The molecule has 0 bridgehead atoms. The Morgan fingerprint density at radius 2 is 2.29 bits per heavy atom. The average Bonchev–Trinajstić information content (AvgIpc) is 2.86. The van der Waals surface area contributed by atoms with Crippen LogP contribution < -0.4 is 5.73 Å². The lowest BCUT2D eigenvalue weighted by Crippen LogP contribution is -2.42. The second kappa shape index (κ2) is 4.37. The SMILES string of the molecule is CN(CC1(O)CCCC1)C(=O)c1[nH]ncc1N. The summed E-state index contributed by atoms with van der Waals surface area (Å²) in [4.78, 5) is 13.5. The van der Waals surface area contributed by atoms with Crippen LogP contribution in [-0.4, -0.2) is 45.3 Å². The number of nitrogens with zero attached hydrogens (tertiary/aromatic N) is 2. The number of nitrogens with two attached hydrogens (primary N) is 1. The Balaban J connectivity index is 2.03. The highest BCUT2D eigenvalue weighted by Gasteiger charge is 2.34. The number of H-pyrrole nitrogens is 1. The van der Waals surface area contributed by atoms with Crippen LogP contribution in [0.4, 0.5) is 5.69 Å². The van der Waals surface area contributed by atoms with Crippen molar-refractivity contribution in [1.82, 2.24) is 15.1 Å². The summed E-state index contributed by atoms with van der Waals surface area (Å²) in [5, 5.41) is 16.5. The number of aliphatic hydroxyl groups is 1. The van der Waals surface area contributed by atoms with E-state index in [1.165, 1.54) is 11.1 Å². The number of hydrogen-bond acceptors (Lipinski definition) is 4. The molecule has 1 aliphatic carbocycles. The third-order valence-electron chi connectivity index (χ3n) is 3.29. The Hall–Kier alpha value is -1.56. The zero-order valence-corrected chi connectivity index (χ0v) is 9.94. The molecule has 94 valence electrons. The van der Waals surface area contributed by atoms with Gasteiger partial charge in [0.1, 0.15) is 5.69 Å². The molecule has 0 aliphatic heterocycles. The third kappa shape index (κ3) is 2.41. The number of carbonyl (C=O) groups is 1. The first-order chi connectivity index (χ1) is 8.02. The summed E-state index contributed by atoms with van der Waals surface area (Å²) in [5.41, 5.74) is 5.50. The first-order valence-electron chi connectivity index (χ1n) is 5.78. The van der Waals surface area contributed by atoms with Gasteiger partial charge in [0.2, 0.25) is 0 Å². The summed E-state index contributed by atoms with van der Waals surface area (Å²) in [6.07, 6.45) is 4.95. The third-order valence-corrected chi connectivity index (χ3v) is 3.29. The second-order valence-electron chi connectivity index (χ2n) is 4.79. The van der Waals surface area contributed by atoms with E-state index in [1.807, 2.05) is 0 Å². The van der Waals surface area contributed by atoms with Gasteiger partial charge in [-0.2, -0.15) is 5.10 Å². The lowest BCUT2D eigenvalue weighted by Gasteiger charge is -2.28. The van der Waals surface area contributed by atoms with Crippen LogP contribution in [0.2, 0.25) is 0 Å². The van der Waals surface area contributed by atoms with E-state index in [1.54, 1.807) is 7.05 Å². The molecule has 17 heavy (non-hydrogen) atoms. The molecule has 1 saturated carbocycles. The fourth-order valence-electron chi connectivity index (χ4n) is 2.36. The average molecular weight is 238 g/mol. The van der Waals surface area contributed by atoms with Crippen molar-refractivity contribution < 1.29 is 9.90 Å². The van der Waals surface area contributed by atoms with Crippen LogP contribution in [0.25, 0.3) is 0 Å². The quantitative estimate of drug-likeness (QED) is 0.709. The van der Waals surface area contributed by atoms with Crippen molar-refractivity contribution in [3.05, 3.63) is 11.9 Å². The highest BCUT2D eigenvalue weighted by atomic mass is 16.3. The lowest BCUT2D eigenvalue weighted by atomic mass is 10.0. The minimum atomic E-state index is -0.737. The minimum Gasteiger partial charge on any atom is -0.396 e. The number of anilines is 1. The molecule has 1 aromatic heterocycles. The van der Waals surface area contributed by atoms with E-state index in [0.717, 1.165) is 25.7 Å². The van der Waals surface area contributed by atoms with Gasteiger partial charge in [0.15, 0.2) is 0 Å². The summed E-state index contributed by atoms with van der Waals surface area (Å²) in [6.45, 7) is 0.338. The largest absolute Gasteiger partial charge is 0.396 e. The molecule has 6 heteroatoms. The number of nitrogens with one attached hydrogen (secondary N) is 1. The molecule has 1 amide bonds. The number of likely N-dealkylation sites (N-methyl/N-ethyl adjacent to an activating group) is 1. The van der Waals surface area contributed by atoms with Crippen molar-refractivity contribution in [2.45, 2.75) is 31.3 Å². The Kier molecular flexibility index (Phi) is 3.06. The fraction of sp³-hybridized carbons (Fsp3) is 0.636. The molecule has 0 saturated heterocycles. The topological polar surface area (TPSA) is 95.2 Å². The smallest absolute Gasteiger partial charge is 0.273 e. The molecule has 6 nitrogen and oxygen atoms in total. The van der Waals surface area contributed by atoms with Gasteiger partial charge in [-0.15, -0.1) is 0 Å². The summed E-state index contributed by atoms with van der Waals surface area (Å²) < 4.78 is 0. The number of hydrogen-bond donors (Lipinski definition) is 3. The first kappa shape index (κ1) is 11.9. The van der Waals surface area contributed by atoms with Crippen molar-refractivity contribution in [3.8, 4) is 0 Å². The molecular weight excluding hydrogens is 220 g/mol. The lowest BCUT2D eigenvalue weighted by molar-refractivity contribution is 0.0155. The van der Waals surface area contributed by atoms with Gasteiger partial charge in [-0.1, -0.05) is 12.8 Å². The van der Waals surface area contributed by atoms with Gasteiger partial charge < -0.3 is 15.7 Å². The number of carbonyl (C=O) groups excluding carboxylic acids is 1. The van der Waals surface area contributed by atoms with Crippen molar-refractivity contribution in [1.29, 1.82) is 0 Å². The number of amides is 1. The second-order valence-corrected chi connectivity index (χ2v) is 4.79. The molecule has 0 atom stereocenters. The Morgan fingerprint density at radius 1 is 1.65 bits per heavy atom. The number of nitrogen functional groups attached to an aromatic ring is 1. The normalized spacial score (nSPS) is 18.2. The maximum Gasteiger partial charge on any atom is 0.273 e. The molecule has 1 aliphatic rings. The van der Waals surface area contributed by atoms with Gasteiger partial charge in [0, 0.05) is 13.6 Å². The predicted octanol–water partition coefficient (Wildman–Crippen LogP) is 0.369. The van der Waals surface area contributed by atoms with Crippen LogP contribution in [0.15, 0.2) is 6.20 Å². The molecule has 0 aromatic carbocycles. The van der Waals surface area contributed by atoms with E-state index >= 15 is 0 Å². The van der Waals surface area contributed by atoms with E-state index < -0.39 is 5.60 Å². The highest BCUT2D eigenvalue weighted by molar-refractivity contribution is 5.96. The predicted molar refractivity (Wildman–Crippen MR) is 63.4 cm³/mol. The first-order valence-corrected chi connectivity index (χ1v) is 5.78. The van der Waals surface area contributed by atoms with Crippen LogP contribution in [0.3, 0.4) is 0 Å². The van der Waals surface area contributed by atoms with E-state index in [-0.39, 0.29) is 11.6 Å². The van der Waals surface area contributed by atoms with Crippen LogP contribution >= 0.6 is 0 Å². The zero-order chi connectivity index (χ0) is 12.5. The maximum atomic E-state index is 12.0. The molecule has 0 radical (unpaired) electrons. The van der Waals surface area contributed by atoms with Gasteiger partial charge in [-0.05, 0) is 12.8 Å². The highest BCUT2D eigenvalue weighted by Crippen LogP contribution is 2.30. The number of rotatable bonds is 3. The number of aromatic nitrogens is 2. The van der Waals surface area contributed by atoms with E-state index in [0.29, 0.717) is 12.2 Å². The molecule has 1 aromatic rings. The van der Waals surface area contributed by atoms with Crippen molar-refractivity contribution in [3.63, 3.8) is 0 Å². The zero-order valence-electron chi connectivity index (χ0n) is 9.94. The molecule has 0 spiro atoms. The summed E-state index contributed by atoms with van der Waals surface area (Å²) in [5.74, 6) is -0.236.